The van der Waals surface area contributed by atoms with Crippen LogP contribution in [-0.2, 0) is 0 Å². The lowest BCUT2D eigenvalue weighted by Gasteiger charge is -2.06. The molecule has 0 aliphatic carbocycles. The van der Waals surface area contributed by atoms with E-state index in [1.807, 2.05) is 84.9 Å². The minimum atomic E-state index is 0.832. The molecular weight excluding hydrogens is 352 g/mol. The number of rotatable bonds is 2. The first-order valence-electron chi connectivity index (χ1n) is 7.22. The molecule has 0 fully saturated rings. The standard InChI is InChI=1S/C12H9BrO.C8H6O/c13-11-8-4-5-9-12(11)14-10-6-2-1-3-7-10;1-2-4-8-7(3-1)5-6-9-8/h1-9H;1-6H. The van der Waals surface area contributed by atoms with E-state index in [1.165, 1.54) is 0 Å². The number of para-hydroxylation sites is 3. The van der Waals surface area contributed by atoms with E-state index in [9.17, 15) is 0 Å². The zero-order valence-corrected chi connectivity index (χ0v) is 13.9. The molecule has 0 aliphatic heterocycles. The van der Waals surface area contributed by atoms with Crippen molar-refractivity contribution in [1.29, 1.82) is 0 Å². The highest BCUT2D eigenvalue weighted by molar-refractivity contribution is 9.10. The van der Waals surface area contributed by atoms with E-state index < -0.39 is 0 Å². The summed E-state index contributed by atoms with van der Waals surface area (Å²) in [5.74, 6) is 1.68. The van der Waals surface area contributed by atoms with Crippen LogP contribution in [0.25, 0.3) is 11.0 Å². The van der Waals surface area contributed by atoms with Crippen molar-refractivity contribution in [3.63, 3.8) is 0 Å². The van der Waals surface area contributed by atoms with Crippen molar-refractivity contribution in [1.82, 2.24) is 0 Å². The zero-order valence-electron chi connectivity index (χ0n) is 12.4. The van der Waals surface area contributed by atoms with E-state index in [0.717, 1.165) is 26.9 Å². The first-order chi connectivity index (χ1) is 11.3. The van der Waals surface area contributed by atoms with Crippen LogP contribution in [0.5, 0.6) is 11.5 Å². The molecule has 114 valence electrons. The molecule has 0 radical (unpaired) electrons. The molecule has 4 aromatic rings. The van der Waals surface area contributed by atoms with Gasteiger partial charge in [-0.15, -0.1) is 0 Å². The van der Waals surface area contributed by atoms with Gasteiger partial charge in [0.2, 0.25) is 0 Å². The summed E-state index contributed by atoms with van der Waals surface area (Å²) in [6.07, 6.45) is 1.70. The van der Waals surface area contributed by atoms with Gasteiger partial charge >= 0.3 is 0 Å². The molecular formula is C20H15BrO2. The zero-order chi connectivity index (χ0) is 15.9. The normalized spacial score (nSPS) is 9.96. The maximum Gasteiger partial charge on any atom is 0.141 e. The Hall–Kier alpha value is -2.52. The Morgan fingerprint density at radius 1 is 0.696 bits per heavy atom. The lowest BCUT2D eigenvalue weighted by Crippen LogP contribution is -1.83. The SMILES string of the molecule is Brc1ccccc1Oc1ccccc1.c1ccc2occc2c1. The minimum absolute atomic E-state index is 0.832. The van der Waals surface area contributed by atoms with Gasteiger partial charge in [-0.05, 0) is 52.3 Å². The smallest absolute Gasteiger partial charge is 0.141 e. The number of fused-ring (bicyclic) bond motifs is 1. The molecule has 4 rings (SSSR count). The topological polar surface area (TPSA) is 22.4 Å². The first kappa shape index (κ1) is 15.4. The summed E-state index contributed by atoms with van der Waals surface area (Å²) >= 11 is 3.43. The van der Waals surface area contributed by atoms with E-state index in [2.05, 4.69) is 15.9 Å². The minimum Gasteiger partial charge on any atom is -0.464 e. The fraction of sp³-hybridized carbons (Fsp3) is 0. The van der Waals surface area contributed by atoms with Crippen molar-refractivity contribution >= 4 is 26.9 Å². The molecule has 1 heterocycles. The van der Waals surface area contributed by atoms with Crippen molar-refractivity contribution in [2.24, 2.45) is 0 Å². The molecule has 0 saturated carbocycles. The number of hydrogen-bond acceptors (Lipinski definition) is 2. The van der Waals surface area contributed by atoms with Crippen molar-refractivity contribution in [2.75, 3.05) is 0 Å². The monoisotopic (exact) mass is 366 g/mol. The van der Waals surface area contributed by atoms with Crippen LogP contribution in [0.15, 0.2) is 100 Å². The number of hydrogen-bond donors (Lipinski definition) is 0. The molecule has 0 atom stereocenters. The summed E-state index contributed by atoms with van der Waals surface area (Å²) < 4.78 is 11.7. The average Bonchev–Trinajstić information content (AvgIpc) is 3.07. The Kier molecular flexibility index (Phi) is 5.12. The molecule has 3 aromatic carbocycles. The summed E-state index contributed by atoms with van der Waals surface area (Å²) in [7, 11) is 0. The van der Waals surface area contributed by atoms with Crippen LogP contribution >= 0.6 is 15.9 Å². The summed E-state index contributed by atoms with van der Waals surface area (Å²) in [5, 5.41) is 1.16. The predicted molar refractivity (Wildman–Crippen MR) is 96.9 cm³/mol. The van der Waals surface area contributed by atoms with Gasteiger partial charge in [0.1, 0.15) is 17.1 Å². The lowest BCUT2D eigenvalue weighted by atomic mass is 10.3. The third kappa shape index (κ3) is 4.24. The van der Waals surface area contributed by atoms with Crippen LogP contribution in [0.4, 0.5) is 0 Å². The molecule has 0 bridgehead atoms. The fourth-order valence-corrected chi connectivity index (χ4v) is 2.41. The fourth-order valence-electron chi connectivity index (χ4n) is 2.05. The number of ether oxygens (including phenoxy) is 1. The summed E-state index contributed by atoms with van der Waals surface area (Å²) in [6, 6.07) is 27.4. The second-order valence-electron chi connectivity index (χ2n) is 4.80. The van der Waals surface area contributed by atoms with Crippen LogP contribution in [0.2, 0.25) is 0 Å². The van der Waals surface area contributed by atoms with Crippen molar-refractivity contribution in [3.8, 4) is 11.5 Å². The van der Waals surface area contributed by atoms with Crippen molar-refractivity contribution in [2.45, 2.75) is 0 Å². The van der Waals surface area contributed by atoms with Gasteiger partial charge in [0.25, 0.3) is 0 Å². The number of furan rings is 1. The molecule has 23 heavy (non-hydrogen) atoms. The second-order valence-corrected chi connectivity index (χ2v) is 5.66. The van der Waals surface area contributed by atoms with Crippen LogP contribution in [0.1, 0.15) is 0 Å². The second kappa shape index (κ2) is 7.65. The molecule has 0 saturated heterocycles. The molecule has 2 nitrogen and oxygen atoms in total. The summed E-state index contributed by atoms with van der Waals surface area (Å²) in [5.41, 5.74) is 0.956. The maximum atomic E-state index is 5.66. The Bertz CT molecular complexity index is 839. The first-order valence-corrected chi connectivity index (χ1v) is 8.02. The Labute approximate surface area is 143 Å². The Balaban J connectivity index is 0.000000149. The van der Waals surface area contributed by atoms with E-state index in [0.29, 0.717) is 0 Å². The molecule has 3 heteroatoms. The number of halogens is 1. The van der Waals surface area contributed by atoms with Crippen LogP contribution < -0.4 is 4.74 Å². The number of benzene rings is 3. The van der Waals surface area contributed by atoms with Gasteiger partial charge < -0.3 is 9.15 Å². The van der Waals surface area contributed by atoms with E-state index in [1.54, 1.807) is 6.26 Å². The third-order valence-corrected chi connectivity index (χ3v) is 3.82. The van der Waals surface area contributed by atoms with Gasteiger partial charge in [-0.2, -0.15) is 0 Å². The lowest BCUT2D eigenvalue weighted by molar-refractivity contribution is 0.479. The molecule has 0 spiro atoms. The Morgan fingerprint density at radius 3 is 2.17 bits per heavy atom. The van der Waals surface area contributed by atoms with Crippen LogP contribution in [0.3, 0.4) is 0 Å². The molecule has 0 aliphatic rings. The van der Waals surface area contributed by atoms with Gasteiger partial charge in [-0.3, -0.25) is 0 Å². The van der Waals surface area contributed by atoms with Gasteiger partial charge in [-0.1, -0.05) is 48.5 Å². The highest BCUT2D eigenvalue weighted by atomic mass is 79.9. The summed E-state index contributed by atoms with van der Waals surface area (Å²) in [4.78, 5) is 0. The van der Waals surface area contributed by atoms with Gasteiger partial charge in [-0.25, -0.2) is 0 Å². The molecule has 0 amide bonds. The van der Waals surface area contributed by atoms with Crippen LogP contribution in [0, 0.1) is 0 Å². The van der Waals surface area contributed by atoms with Crippen molar-refractivity contribution < 1.29 is 9.15 Å². The Morgan fingerprint density at radius 2 is 1.39 bits per heavy atom. The maximum absolute atomic E-state index is 5.66. The van der Waals surface area contributed by atoms with Crippen LogP contribution in [-0.4, -0.2) is 0 Å². The largest absolute Gasteiger partial charge is 0.464 e. The highest BCUT2D eigenvalue weighted by Crippen LogP contribution is 2.28. The molecule has 0 unspecified atom stereocenters. The van der Waals surface area contributed by atoms with E-state index in [4.69, 9.17) is 9.15 Å². The highest BCUT2D eigenvalue weighted by Gasteiger charge is 1.99. The van der Waals surface area contributed by atoms with Crippen molar-refractivity contribution in [3.05, 3.63) is 95.7 Å². The summed E-state index contributed by atoms with van der Waals surface area (Å²) in [6.45, 7) is 0. The van der Waals surface area contributed by atoms with E-state index in [-0.39, 0.29) is 0 Å². The molecule has 1 aromatic heterocycles. The van der Waals surface area contributed by atoms with Gasteiger partial charge in [0.05, 0.1) is 10.7 Å². The van der Waals surface area contributed by atoms with E-state index >= 15 is 0 Å². The van der Waals surface area contributed by atoms with Gasteiger partial charge in [0, 0.05) is 5.39 Å². The average molecular weight is 367 g/mol. The predicted octanol–water partition coefficient (Wildman–Crippen LogP) is 6.67. The molecule has 0 N–H and O–H groups in total. The third-order valence-electron chi connectivity index (χ3n) is 3.17. The quantitative estimate of drug-likeness (QED) is 0.395. The van der Waals surface area contributed by atoms with Gasteiger partial charge in [0.15, 0.2) is 0 Å².